The third kappa shape index (κ3) is 3.23. The van der Waals surface area contributed by atoms with Crippen LogP contribution in [0.1, 0.15) is 5.56 Å². The highest BCUT2D eigenvalue weighted by atomic mass is 19.1. The van der Waals surface area contributed by atoms with Crippen LogP contribution in [0.5, 0.6) is 5.75 Å². The molecule has 0 aliphatic heterocycles. The summed E-state index contributed by atoms with van der Waals surface area (Å²) in [6.07, 6.45) is 0. The number of aryl methyl sites for hydroxylation is 1. The number of halogens is 1. The van der Waals surface area contributed by atoms with E-state index in [1.807, 2.05) is 0 Å². The lowest BCUT2D eigenvalue weighted by atomic mass is 10.2. The highest BCUT2D eigenvalue weighted by molar-refractivity contribution is 5.94. The molecule has 0 heterocycles. The molecule has 1 aromatic carbocycles. The monoisotopic (exact) mass is 226 g/mol. The fourth-order valence-electron chi connectivity index (χ4n) is 1.05. The van der Waals surface area contributed by atoms with E-state index in [9.17, 15) is 14.0 Å². The topological polar surface area (TPSA) is 81.4 Å². The molecule has 0 aliphatic rings. The van der Waals surface area contributed by atoms with Gasteiger partial charge in [-0.1, -0.05) is 12.1 Å². The van der Waals surface area contributed by atoms with Crippen molar-refractivity contribution in [2.75, 3.05) is 6.61 Å². The number of imide groups is 1. The van der Waals surface area contributed by atoms with Crippen molar-refractivity contribution < 1.29 is 18.7 Å². The summed E-state index contributed by atoms with van der Waals surface area (Å²) in [5.74, 6) is -1.30. The van der Waals surface area contributed by atoms with Gasteiger partial charge in [-0.15, -0.1) is 0 Å². The van der Waals surface area contributed by atoms with Gasteiger partial charge in [0.15, 0.2) is 18.2 Å². The molecule has 3 amide bonds. The first-order valence-corrected chi connectivity index (χ1v) is 4.48. The van der Waals surface area contributed by atoms with Crippen LogP contribution in [-0.4, -0.2) is 18.5 Å². The molecule has 0 spiro atoms. The molecule has 0 fully saturated rings. The molecular weight excluding hydrogens is 215 g/mol. The Bertz CT molecular complexity index is 421. The maximum Gasteiger partial charge on any atom is 0.318 e. The van der Waals surface area contributed by atoms with E-state index in [-0.39, 0.29) is 5.75 Å². The molecule has 0 atom stereocenters. The van der Waals surface area contributed by atoms with Crippen LogP contribution in [0.4, 0.5) is 9.18 Å². The SMILES string of the molecule is Cc1cccc(OCC(=O)NC(N)=O)c1F. The van der Waals surface area contributed by atoms with Crippen LogP contribution < -0.4 is 15.8 Å². The maximum absolute atomic E-state index is 13.4. The summed E-state index contributed by atoms with van der Waals surface area (Å²) < 4.78 is 18.3. The zero-order chi connectivity index (χ0) is 12.1. The summed E-state index contributed by atoms with van der Waals surface area (Å²) >= 11 is 0. The van der Waals surface area contributed by atoms with Crippen LogP contribution in [0.15, 0.2) is 18.2 Å². The minimum Gasteiger partial charge on any atom is -0.481 e. The van der Waals surface area contributed by atoms with Gasteiger partial charge >= 0.3 is 6.03 Å². The number of nitrogens with two attached hydrogens (primary N) is 1. The lowest BCUT2D eigenvalue weighted by Gasteiger charge is -2.07. The summed E-state index contributed by atoms with van der Waals surface area (Å²) in [7, 11) is 0. The van der Waals surface area contributed by atoms with E-state index in [2.05, 4.69) is 0 Å². The number of hydrogen-bond donors (Lipinski definition) is 2. The molecule has 1 rings (SSSR count). The number of nitrogens with one attached hydrogen (secondary N) is 1. The van der Waals surface area contributed by atoms with Gasteiger partial charge in [0.2, 0.25) is 0 Å². The number of hydrogen-bond acceptors (Lipinski definition) is 3. The van der Waals surface area contributed by atoms with E-state index < -0.39 is 24.4 Å². The Morgan fingerprint density at radius 3 is 2.81 bits per heavy atom. The zero-order valence-electron chi connectivity index (χ0n) is 8.62. The molecule has 0 radical (unpaired) electrons. The Morgan fingerprint density at radius 1 is 1.50 bits per heavy atom. The first kappa shape index (κ1) is 12.0. The molecular formula is C10H11FN2O3. The van der Waals surface area contributed by atoms with Crippen molar-refractivity contribution in [3.8, 4) is 5.75 Å². The van der Waals surface area contributed by atoms with Crippen LogP contribution in [0.2, 0.25) is 0 Å². The molecule has 16 heavy (non-hydrogen) atoms. The molecule has 0 unspecified atom stereocenters. The standard InChI is InChI=1S/C10H11FN2O3/c1-6-3-2-4-7(9(6)11)16-5-8(14)13-10(12)15/h2-4H,5H2,1H3,(H3,12,13,14,15). The number of carbonyl (C=O) groups is 2. The van der Waals surface area contributed by atoms with Crippen LogP contribution in [0, 0.1) is 12.7 Å². The lowest BCUT2D eigenvalue weighted by molar-refractivity contribution is -0.121. The summed E-state index contributed by atoms with van der Waals surface area (Å²) in [4.78, 5) is 21.3. The van der Waals surface area contributed by atoms with Gasteiger partial charge < -0.3 is 10.5 Å². The number of primary amides is 1. The Kier molecular flexibility index (Phi) is 3.82. The second-order valence-corrected chi connectivity index (χ2v) is 3.09. The van der Waals surface area contributed by atoms with E-state index in [0.29, 0.717) is 5.56 Å². The van der Waals surface area contributed by atoms with Crippen molar-refractivity contribution in [2.24, 2.45) is 5.73 Å². The average Bonchev–Trinajstić information content (AvgIpc) is 2.19. The molecule has 0 bridgehead atoms. The molecule has 1 aromatic rings. The molecule has 3 N–H and O–H groups in total. The highest BCUT2D eigenvalue weighted by Crippen LogP contribution is 2.19. The first-order valence-electron chi connectivity index (χ1n) is 4.48. The molecule has 0 saturated carbocycles. The number of urea groups is 1. The predicted molar refractivity (Wildman–Crippen MR) is 54.4 cm³/mol. The van der Waals surface area contributed by atoms with Gasteiger partial charge in [-0.05, 0) is 18.6 Å². The number of carbonyl (C=O) groups excluding carboxylic acids is 2. The fourth-order valence-corrected chi connectivity index (χ4v) is 1.05. The quantitative estimate of drug-likeness (QED) is 0.796. The van der Waals surface area contributed by atoms with Gasteiger partial charge in [-0.25, -0.2) is 9.18 Å². The van der Waals surface area contributed by atoms with Crippen molar-refractivity contribution in [1.29, 1.82) is 0 Å². The third-order valence-corrected chi connectivity index (χ3v) is 1.78. The van der Waals surface area contributed by atoms with Gasteiger partial charge in [0.25, 0.3) is 5.91 Å². The van der Waals surface area contributed by atoms with Gasteiger partial charge in [0, 0.05) is 0 Å². The van der Waals surface area contributed by atoms with Crippen molar-refractivity contribution >= 4 is 11.9 Å². The number of benzene rings is 1. The predicted octanol–water partition coefficient (Wildman–Crippen LogP) is 0.708. The first-order chi connectivity index (χ1) is 7.50. The highest BCUT2D eigenvalue weighted by Gasteiger charge is 2.09. The number of amides is 3. The third-order valence-electron chi connectivity index (χ3n) is 1.78. The van der Waals surface area contributed by atoms with E-state index in [1.165, 1.54) is 6.07 Å². The molecule has 0 saturated heterocycles. The Morgan fingerprint density at radius 2 is 2.19 bits per heavy atom. The van der Waals surface area contributed by atoms with E-state index in [1.54, 1.807) is 24.4 Å². The summed E-state index contributed by atoms with van der Waals surface area (Å²) in [6, 6.07) is 3.59. The van der Waals surface area contributed by atoms with Gasteiger partial charge in [-0.2, -0.15) is 0 Å². The summed E-state index contributed by atoms with van der Waals surface area (Å²) in [5, 5.41) is 1.80. The van der Waals surface area contributed by atoms with Crippen LogP contribution >= 0.6 is 0 Å². The molecule has 0 aromatic heterocycles. The minimum atomic E-state index is -0.974. The van der Waals surface area contributed by atoms with Crippen LogP contribution in [0.3, 0.4) is 0 Å². The zero-order valence-corrected chi connectivity index (χ0v) is 8.62. The van der Waals surface area contributed by atoms with E-state index >= 15 is 0 Å². The Hall–Kier alpha value is -2.11. The Labute approximate surface area is 91.4 Å². The second-order valence-electron chi connectivity index (χ2n) is 3.09. The van der Waals surface area contributed by atoms with Crippen molar-refractivity contribution in [3.05, 3.63) is 29.6 Å². The molecule has 86 valence electrons. The summed E-state index contributed by atoms with van der Waals surface area (Å²) in [6.45, 7) is 1.11. The number of rotatable bonds is 3. The van der Waals surface area contributed by atoms with E-state index in [4.69, 9.17) is 10.5 Å². The van der Waals surface area contributed by atoms with Crippen molar-refractivity contribution in [3.63, 3.8) is 0 Å². The smallest absolute Gasteiger partial charge is 0.318 e. The van der Waals surface area contributed by atoms with E-state index in [0.717, 1.165) is 0 Å². The molecule has 5 nitrogen and oxygen atoms in total. The average molecular weight is 226 g/mol. The van der Waals surface area contributed by atoms with Gasteiger partial charge in [0.1, 0.15) is 0 Å². The summed E-state index contributed by atoms with van der Waals surface area (Å²) in [5.41, 5.74) is 5.13. The van der Waals surface area contributed by atoms with Gasteiger partial charge in [-0.3, -0.25) is 10.1 Å². The minimum absolute atomic E-state index is 0.0420. The Balaban J connectivity index is 2.58. The maximum atomic E-state index is 13.4. The number of ether oxygens (including phenoxy) is 1. The largest absolute Gasteiger partial charge is 0.481 e. The molecule has 0 aliphatic carbocycles. The van der Waals surface area contributed by atoms with Gasteiger partial charge in [0.05, 0.1) is 0 Å². The fraction of sp³-hybridized carbons (Fsp3) is 0.200. The van der Waals surface area contributed by atoms with Crippen LogP contribution in [0.25, 0.3) is 0 Å². The van der Waals surface area contributed by atoms with Crippen molar-refractivity contribution in [2.45, 2.75) is 6.92 Å². The normalized spacial score (nSPS) is 9.62. The van der Waals surface area contributed by atoms with Crippen molar-refractivity contribution in [1.82, 2.24) is 5.32 Å². The second kappa shape index (κ2) is 5.11. The van der Waals surface area contributed by atoms with Crippen LogP contribution in [-0.2, 0) is 4.79 Å². The lowest BCUT2D eigenvalue weighted by Crippen LogP contribution is -2.38. The molecule has 6 heteroatoms.